The summed E-state index contributed by atoms with van der Waals surface area (Å²) in [4.78, 5) is 38.1. The topological polar surface area (TPSA) is 108 Å². The normalized spacial score (nSPS) is 14.2. The van der Waals surface area contributed by atoms with Crippen LogP contribution in [0.5, 0.6) is 0 Å². The molecule has 0 fully saturated rings. The van der Waals surface area contributed by atoms with Crippen molar-refractivity contribution in [1.29, 1.82) is 0 Å². The van der Waals surface area contributed by atoms with Gasteiger partial charge in [0, 0.05) is 12.5 Å². The lowest BCUT2D eigenvalue weighted by molar-refractivity contribution is -0.142. The third-order valence-electron chi connectivity index (χ3n) is 5.52. The van der Waals surface area contributed by atoms with Crippen molar-refractivity contribution in [2.75, 3.05) is 27.2 Å². The summed E-state index contributed by atoms with van der Waals surface area (Å²) >= 11 is 0. The van der Waals surface area contributed by atoms with Gasteiger partial charge in [-0.05, 0) is 42.8 Å². The second-order valence-corrected chi connectivity index (χ2v) is 8.09. The fourth-order valence-electron chi connectivity index (χ4n) is 3.95. The zero-order valence-electron chi connectivity index (χ0n) is 18.5. The number of nitrogens with zero attached hydrogens (tertiary/aromatic N) is 1. The number of carboxylic acid groups (broad SMARTS) is 1. The monoisotopic (exact) mass is 439 g/mol. The predicted octanol–water partition coefficient (Wildman–Crippen LogP) is 2.43. The summed E-state index contributed by atoms with van der Waals surface area (Å²) in [6.07, 6.45) is -0.488. The van der Waals surface area contributed by atoms with Crippen LogP contribution in [-0.2, 0) is 14.3 Å². The lowest BCUT2D eigenvalue weighted by Crippen LogP contribution is -2.55. The molecule has 1 aliphatic carbocycles. The van der Waals surface area contributed by atoms with Gasteiger partial charge in [-0.3, -0.25) is 4.79 Å². The van der Waals surface area contributed by atoms with Gasteiger partial charge < -0.3 is 25.4 Å². The van der Waals surface area contributed by atoms with Gasteiger partial charge in [0.1, 0.15) is 18.7 Å². The first-order valence-corrected chi connectivity index (χ1v) is 10.6. The van der Waals surface area contributed by atoms with Crippen LogP contribution < -0.4 is 10.6 Å². The molecule has 0 saturated heterocycles. The highest BCUT2D eigenvalue weighted by atomic mass is 16.5. The number of nitrogens with one attached hydrogen (secondary N) is 2. The van der Waals surface area contributed by atoms with Gasteiger partial charge in [0.2, 0.25) is 5.91 Å². The third-order valence-corrected chi connectivity index (χ3v) is 5.52. The number of ether oxygens (including phenoxy) is 1. The average Bonchev–Trinajstić information content (AvgIpc) is 3.08. The number of hydrogen-bond donors (Lipinski definition) is 3. The first-order valence-electron chi connectivity index (χ1n) is 10.6. The van der Waals surface area contributed by atoms with E-state index in [-0.39, 0.29) is 25.5 Å². The lowest BCUT2D eigenvalue weighted by Gasteiger charge is -2.23. The quantitative estimate of drug-likeness (QED) is 0.554. The smallest absolute Gasteiger partial charge is 0.407 e. The van der Waals surface area contributed by atoms with Crippen LogP contribution in [0.2, 0.25) is 0 Å². The number of carbonyl (C=O) groups excluding carboxylic acids is 2. The second-order valence-electron chi connectivity index (χ2n) is 8.09. The molecular formula is C24H29N3O5. The molecule has 0 saturated carbocycles. The highest BCUT2D eigenvalue weighted by Crippen LogP contribution is 2.44. The molecule has 2 aromatic carbocycles. The van der Waals surface area contributed by atoms with Gasteiger partial charge in [0.15, 0.2) is 0 Å². The molecule has 170 valence electrons. The standard InChI is InChI=1S/C24H29N3O5/c1-4-20(23(29)30)25-22(28)21(13-27(2)3)26-24(31)32-14-19-17-11-7-5-9-15(17)16-10-6-8-12-18(16)19/h5-12,19-21H,4,13-14H2,1-3H3,(H,25,28)(H,26,31)(H,29,30)/t20-,21+/m1/s1. The number of benzene rings is 2. The summed E-state index contributed by atoms with van der Waals surface area (Å²) in [5.41, 5.74) is 4.44. The van der Waals surface area contributed by atoms with E-state index in [1.165, 1.54) is 0 Å². The number of amides is 2. The van der Waals surface area contributed by atoms with Crippen molar-refractivity contribution >= 4 is 18.0 Å². The van der Waals surface area contributed by atoms with Crippen molar-refractivity contribution in [2.45, 2.75) is 31.3 Å². The van der Waals surface area contributed by atoms with E-state index in [2.05, 4.69) is 22.8 Å². The molecule has 8 heteroatoms. The van der Waals surface area contributed by atoms with Gasteiger partial charge in [0.05, 0.1) is 0 Å². The SMILES string of the molecule is CC[C@@H](NC(=O)[C@H](CN(C)C)NC(=O)OCC1c2ccccc2-c2ccccc21)C(=O)O. The highest BCUT2D eigenvalue weighted by Gasteiger charge is 2.30. The van der Waals surface area contributed by atoms with Gasteiger partial charge in [0.25, 0.3) is 0 Å². The van der Waals surface area contributed by atoms with E-state index in [4.69, 9.17) is 4.74 Å². The number of rotatable bonds is 9. The van der Waals surface area contributed by atoms with Crippen molar-refractivity contribution in [2.24, 2.45) is 0 Å². The molecule has 2 amide bonds. The molecule has 0 aromatic heterocycles. The number of likely N-dealkylation sites (N-methyl/N-ethyl adjacent to an activating group) is 1. The van der Waals surface area contributed by atoms with E-state index in [1.807, 2.05) is 36.4 Å². The van der Waals surface area contributed by atoms with Crippen LogP contribution in [0.3, 0.4) is 0 Å². The van der Waals surface area contributed by atoms with Crippen molar-refractivity contribution in [3.05, 3.63) is 59.7 Å². The Balaban J connectivity index is 1.67. The van der Waals surface area contributed by atoms with Crippen molar-refractivity contribution in [3.63, 3.8) is 0 Å². The van der Waals surface area contributed by atoms with Gasteiger partial charge >= 0.3 is 12.1 Å². The van der Waals surface area contributed by atoms with Crippen LogP contribution in [0.25, 0.3) is 11.1 Å². The average molecular weight is 440 g/mol. The molecule has 2 aromatic rings. The first-order chi connectivity index (χ1) is 15.3. The lowest BCUT2D eigenvalue weighted by atomic mass is 9.98. The molecule has 0 unspecified atom stereocenters. The Bertz CT molecular complexity index is 946. The van der Waals surface area contributed by atoms with E-state index in [0.717, 1.165) is 22.3 Å². The van der Waals surface area contributed by atoms with Gasteiger partial charge in [-0.25, -0.2) is 9.59 Å². The number of fused-ring (bicyclic) bond motifs is 3. The minimum absolute atomic E-state index is 0.0919. The zero-order valence-corrected chi connectivity index (χ0v) is 18.5. The summed E-state index contributed by atoms with van der Waals surface area (Å²) in [7, 11) is 3.52. The maximum Gasteiger partial charge on any atom is 0.407 e. The van der Waals surface area contributed by atoms with E-state index >= 15 is 0 Å². The minimum Gasteiger partial charge on any atom is -0.480 e. The Morgan fingerprint density at radius 2 is 1.53 bits per heavy atom. The molecule has 0 bridgehead atoms. The summed E-state index contributed by atoms with van der Waals surface area (Å²) in [5.74, 6) is -1.78. The fraction of sp³-hybridized carbons (Fsp3) is 0.375. The highest BCUT2D eigenvalue weighted by molar-refractivity contribution is 5.89. The predicted molar refractivity (Wildman–Crippen MR) is 120 cm³/mol. The molecule has 0 radical (unpaired) electrons. The number of aliphatic carboxylic acids is 1. The summed E-state index contributed by atoms with van der Waals surface area (Å²) < 4.78 is 5.52. The molecule has 1 aliphatic rings. The number of carboxylic acids is 1. The van der Waals surface area contributed by atoms with Crippen LogP contribution in [-0.4, -0.2) is 67.3 Å². The van der Waals surface area contributed by atoms with Crippen molar-refractivity contribution in [1.82, 2.24) is 15.5 Å². The van der Waals surface area contributed by atoms with E-state index in [9.17, 15) is 19.5 Å². The zero-order chi connectivity index (χ0) is 23.3. The first kappa shape index (κ1) is 23.3. The Kier molecular flexibility index (Phi) is 7.48. The number of alkyl carbamates (subject to hydrolysis) is 1. The number of hydrogen-bond acceptors (Lipinski definition) is 5. The Morgan fingerprint density at radius 1 is 0.969 bits per heavy atom. The molecule has 0 heterocycles. The fourth-order valence-corrected chi connectivity index (χ4v) is 3.95. The van der Waals surface area contributed by atoms with Crippen LogP contribution >= 0.6 is 0 Å². The van der Waals surface area contributed by atoms with Crippen LogP contribution in [0.15, 0.2) is 48.5 Å². The van der Waals surface area contributed by atoms with Crippen molar-refractivity contribution in [3.8, 4) is 11.1 Å². The molecule has 2 atom stereocenters. The molecule has 0 aliphatic heterocycles. The van der Waals surface area contributed by atoms with E-state index in [1.54, 1.807) is 25.9 Å². The summed E-state index contributed by atoms with van der Waals surface area (Å²) in [5, 5.41) is 14.2. The molecular weight excluding hydrogens is 410 g/mol. The maximum atomic E-state index is 12.6. The Morgan fingerprint density at radius 3 is 2.03 bits per heavy atom. The Hall–Kier alpha value is -3.39. The molecule has 3 rings (SSSR count). The van der Waals surface area contributed by atoms with Gasteiger partial charge in [-0.15, -0.1) is 0 Å². The van der Waals surface area contributed by atoms with E-state index < -0.39 is 30.1 Å². The second kappa shape index (κ2) is 10.3. The van der Waals surface area contributed by atoms with E-state index in [0.29, 0.717) is 0 Å². The summed E-state index contributed by atoms with van der Waals surface area (Å²) in [6.45, 7) is 1.99. The van der Waals surface area contributed by atoms with Gasteiger partial charge in [-0.2, -0.15) is 0 Å². The third kappa shape index (κ3) is 5.26. The Labute approximate surface area is 187 Å². The summed E-state index contributed by atoms with van der Waals surface area (Å²) in [6, 6.07) is 14.1. The number of carbonyl (C=O) groups is 3. The van der Waals surface area contributed by atoms with Crippen LogP contribution in [0.4, 0.5) is 4.79 Å². The molecule has 0 spiro atoms. The maximum absolute atomic E-state index is 12.6. The molecule has 32 heavy (non-hydrogen) atoms. The molecule has 8 nitrogen and oxygen atoms in total. The largest absolute Gasteiger partial charge is 0.480 e. The minimum atomic E-state index is -1.12. The molecule has 3 N–H and O–H groups in total. The van der Waals surface area contributed by atoms with Crippen LogP contribution in [0.1, 0.15) is 30.4 Å². The van der Waals surface area contributed by atoms with Gasteiger partial charge in [-0.1, -0.05) is 55.5 Å². The van der Waals surface area contributed by atoms with Crippen LogP contribution in [0, 0.1) is 0 Å². The van der Waals surface area contributed by atoms with Crippen molar-refractivity contribution < 1.29 is 24.2 Å².